The molecule has 3 aromatic rings. The van der Waals surface area contributed by atoms with Gasteiger partial charge in [-0.3, -0.25) is 14.9 Å². The van der Waals surface area contributed by atoms with E-state index in [9.17, 15) is 18.8 Å². The third kappa shape index (κ3) is 5.17. The van der Waals surface area contributed by atoms with Crippen LogP contribution in [-0.4, -0.2) is 25.0 Å². The number of halogens is 2. The predicted octanol–water partition coefficient (Wildman–Crippen LogP) is 5.04. The highest BCUT2D eigenvalue weighted by molar-refractivity contribution is 6.39. The molecule has 1 fully saturated rings. The third-order valence-corrected chi connectivity index (χ3v) is 5.53. The summed E-state index contributed by atoms with van der Waals surface area (Å²) in [6, 6.07) is 14.8. The molecule has 1 aliphatic rings. The topological polar surface area (TPSA) is 84.9 Å². The number of amides is 4. The summed E-state index contributed by atoms with van der Waals surface area (Å²) in [5.41, 5.74) is 2.15. The van der Waals surface area contributed by atoms with Crippen LogP contribution >= 0.6 is 11.6 Å². The summed E-state index contributed by atoms with van der Waals surface area (Å²) in [6.45, 7) is 1.99. The molecule has 3 aromatic carbocycles. The van der Waals surface area contributed by atoms with Gasteiger partial charge < -0.3 is 9.47 Å². The van der Waals surface area contributed by atoms with Crippen molar-refractivity contribution in [3.63, 3.8) is 0 Å². The Hall–Kier alpha value is -4.17. The predicted molar refractivity (Wildman–Crippen MR) is 129 cm³/mol. The lowest BCUT2D eigenvalue weighted by atomic mass is 10.1. The Morgan fingerprint density at radius 1 is 1.03 bits per heavy atom. The van der Waals surface area contributed by atoms with Gasteiger partial charge in [-0.25, -0.2) is 14.1 Å². The lowest BCUT2D eigenvalue weighted by Crippen LogP contribution is -2.54. The van der Waals surface area contributed by atoms with Crippen LogP contribution in [0.1, 0.15) is 16.7 Å². The van der Waals surface area contributed by atoms with Crippen LogP contribution in [0.2, 0.25) is 5.02 Å². The number of benzene rings is 3. The number of hydrogen-bond acceptors (Lipinski definition) is 5. The first-order valence-corrected chi connectivity index (χ1v) is 10.9. The molecule has 0 atom stereocenters. The van der Waals surface area contributed by atoms with Crippen molar-refractivity contribution < 1.29 is 28.2 Å². The number of carbonyl (C=O) groups excluding carboxylic acids is 3. The maximum atomic E-state index is 13.1. The molecule has 0 radical (unpaired) electrons. The molecule has 7 nitrogen and oxygen atoms in total. The van der Waals surface area contributed by atoms with E-state index in [4.69, 9.17) is 21.1 Å². The molecular weight excluding hydrogens is 475 g/mol. The van der Waals surface area contributed by atoms with Gasteiger partial charge in [0, 0.05) is 0 Å². The van der Waals surface area contributed by atoms with Crippen molar-refractivity contribution in [1.29, 1.82) is 0 Å². The fraction of sp³-hybridized carbons (Fsp3) is 0.115. The van der Waals surface area contributed by atoms with E-state index in [1.165, 1.54) is 31.4 Å². The van der Waals surface area contributed by atoms with Crippen LogP contribution in [0.5, 0.6) is 11.5 Å². The molecule has 1 heterocycles. The molecule has 0 aromatic heterocycles. The molecule has 35 heavy (non-hydrogen) atoms. The normalized spacial score (nSPS) is 14.8. The molecule has 0 saturated carbocycles. The fourth-order valence-corrected chi connectivity index (χ4v) is 3.73. The first kappa shape index (κ1) is 24.0. The lowest BCUT2D eigenvalue weighted by molar-refractivity contribution is -0.122. The highest BCUT2D eigenvalue weighted by atomic mass is 35.5. The number of methoxy groups -OCH3 is 1. The second kappa shape index (κ2) is 9.99. The number of rotatable bonds is 6. The average Bonchev–Trinajstić information content (AvgIpc) is 2.83. The zero-order valence-corrected chi connectivity index (χ0v) is 19.6. The summed E-state index contributed by atoms with van der Waals surface area (Å²) < 4.78 is 24.3. The van der Waals surface area contributed by atoms with Crippen LogP contribution in [-0.2, 0) is 16.2 Å². The Kier molecular flexibility index (Phi) is 6.84. The van der Waals surface area contributed by atoms with Crippen LogP contribution in [0.25, 0.3) is 6.08 Å². The molecule has 0 bridgehead atoms. The molecule has 1 aliphatic heterocycles. The minimum atomic E-state index is -0.832. The number of hydrogen-bond donors (Lipinski definition) is 1. The largest absolute Gasteiger partial charge is 0.493 e. The van der Waals surface area contributed by atoms with Gasteiger partial charge in [0.15, 0.2) is 11.5 Å². The van der Waals surface area contributed by atoms with Crippen LogP contribution in [0.15, 0.2) is 66.2 Å². The molecule has 1 saturated heterocycles. The van der Waals surface area contributed by atoms with E-state index in [-0.39, 0.29) is 34.5 Å². The van der Waals surface area contributed by atoms with Gasteiger partial charge in [-0.05, 0) is 60.5 Å². The summed E-state index contributed by atoms with van der Waals surface area (Å²) in [5.74, 6) is -1.44. The van der Waals surface area contributed by atoms with E-state index >= 15 is 0 Å². The molecule has 9 heteroatoms. The molecule has 4 rings (SSSR count). The fourth-order valence-electron chi connectivity index (χ4n) is 3.45. The van der Waals surface area contributed by atoms with Gasteiger partial charge in [-0.15, -0.1) is 0 Å². The van der Waals surface area contributed by atoms with Crippen LogP contribution in [0.3, 0.4) is 0 Å². The zero-order valence-electron chi connectivity index (χ0n) is 18.8. The van der Waals surface area contributed by atoms with Crippen molar-refractivity contribution in [2.75, 3.05) is 12.0 Å². The van der Waals surface area contributed by atoms with Gasteiger partial charge in [0.05, 0.1) is 17.8 Å². The monoisotopic (exact) mass is 494 g/mol. The number of carbonyl (C=O) groups is 3. The Morgan fingerprint density at radius 2 is 1.71 bits per heavy atom. The highest BCUT2D eigenvalue weighted by Gasteiger charge is 2.36. The van der Waals surface area contributed by atoms with Crippen LogP contribution in [0, 0.1) is 12.7 Å². The molecular formula is C26H20ClFN2O5. The van der Waals surface area contributed by atoms with Crippen molar-refractivity contribution in [3.05, 3.63) is 93.8 Å². The number of anilines is 1. The molecule has 1 N–H and O–H groups in total. The van der Waals surface area contributed by atoms with Crippen molar-refractivity contribution in [3.8, 4) is 11.5 Å². The van der Waals surface area contributed by atoms with Crippen molar-refractivity contribution >= 4 is 41.2 Å². The standard InChI is InChI=1S/C26H20ClFN2O5/c1-15-3-9-19(10-4-15)30-25(32)20(24(31)29-26(30)33)11-17-12-21(27)23(22(13-17)34-2)35-14-16-5-7-18(28)8-6-16/h3-13H,14H2,1-2H3,(H,29,31,33)/b20-11+. The smallest absolute Gasteiger partial charge is 0.335 e. The number of urea groups is 1. The van der Waals surface area contributed by atoms with E-state index in [1.807, 2.05) is 6.92 Å². The summed E-state index contributed by atoms with van der Waals surface area (Å²) >= 11 is 6.41. The summed E-state index contributed by atoms with van der Waals surface area (Å²) in [7, 11) is 1.42. The van der Waals surface area contributed by atoms with Gasteiger partial charge in [-0.2, -0.15) is 0 Å². The van der Waals surface area contributed by atoms with Crippen molar-refractivity contribution in [2.45, 2.75) is 13.5 Å². The third-order valence-electron chi connectivity index (χ3n) is 5.25. The zero-order chi connectivity index (χ0) is 25.1. The Morgan fingerprint density at radius 3 is 2.37 bits per heavy atom. The quantitative estimate of drug-likeness (QED) is 0.383. The average molecular weight is 495 g/mol. The Balaban J connectivity index is 1.63. The van der Waals surface area contributed by atoms with Gasteiger partial charge in [0.25, 0.3) is 11.8 Å². The molecule has 0 aliphatic carbocycles. The molecule has 178 valence electrons. The first-order chi connectivity index (χ1) is 16.8. The van der Waals surface area contributed by atoms with Gasteiger partial charge in [0.2, 0.25) is 0 Å². The first-order valence-electron chi connectivity index (χ1n) is 10.5. The summed E-state index contributed by atoms with van der Waals surface area (Å²) in [6.07, 6.45) is 1.32. The van der Waals surface area contributed by atoms with E-state index in [0.717, 1.165) is 16.0 Å². The van der Waals surface area contributed by atoms with E-state index in [1.54, 1.807) is 42.5 Å². The number of aryl methyl sites for hydroxylation is 1. The van der Waals surface area contributed by atoms with E-state index in [0.29, 0.717) is 11.3 Å². The number of nitrogens with one attached hydrogen (secondary N) is 1. The summed E-state index contributed by atoms with van der Waals surface area (Å²) in [4.78, 5) is 38.8. The lowest BCUT2D eigenvalue weighted by Gasteiger charge is -2.26. The second-order valence-corrected chi connectivity index (χ2v) is 8.15. The Labute approximate surface area is 205 Å². The van der Waals surface area contributed by atoms with Gasteiger partial charge in [-0.1, -0.05) is 41.4 Å². The highest BCUT2D eigenvalue weighted by Crippen LogP contribution is 2.38. The second-order valence-electron chi connectivity index (χ2n) is 7.74. The SMILES string of the molecule is COc1cc(/C=C2\C(=O)NC(=O)N(c3ccc(C)cc3)C2=O)cc(Cl)c1OCc1ccc(F)cc1. The van der Waals surface area contributed by atoms with E-state index in [2.05, 4.69) is 5.32 Å². The number of imide groups is 2. The van der Waals surface area contributed by atoms with Crippen molar-refractivity contribution in [2.24, 2.45) is 0 Å². The molecule has 0 spiro atoms. The minimum absolute atomic E-state index is 0.116. The molecule has 0 unspecified atom stereocenters. The number of nitrogens with zero attached hydrogens (tertiary/aromatic N) is 1. The number of ether oxygens (including phenoxy) is 2. The van der Waals surface area contributed by atoms with Crippen LogP contribution in [0.4, 0.5) is 14.9 Å². The maximum absolute atomic E-state index is 13.1. The maximum Gasteiger partial charge on any atom is 0.335 e. The van der Waals surface area contributed by atoms with Crippen LogP contribution < -0.4 is 19.7 Å². The molecule has 4 amide bonds. The van der Waals surface area contributed by atoms with Gasteiger partial charge in [0.1, 0.15) is 18.0 Å². The Bertz CT molecular complexity index is 1340. The van der Waals surface area contributed by atoms with Gasteiger partial charge >= 0.3 is 6.03 Å². The number of barbiturate groups is 1. The summed E-state index contributed by atoms with van der Waals surface area (Å²) in [5, 5.41) is 2.36. The van der Waals surface area contributed by atoms with E-state index < -0.39 is 17.8 Å². The van der Waals surface area contributed by atoms with Crippen molar-refractivity contribution in [1.82, 2.24) is 5.32 Å². The minimum Gasteiger partial charge on any atom is -0.493 e.